The van der Waals surface area contributed by atoms with Gasteiger partial charge in [-0.25, -0.2) is 9.07 Å². The molecule has 2 aromatic carbocycles. The molecule has 0 amide bonds. The summed E-state index contributed by atoms with van der Waals surface area (Å²) in [6, 6.07) is 13.9. The first-order chi connectivity index (χ1) is 10.2. The van der Waals surface area contributed by atoms with Crippen LogP contribution < -0.4 is 0 Å². The molecule has 0 unspecified atom stereocenters. The van der Waals surface area contributed by atoms with Crippen molar-refractivity contribution in [2.45, 2.75) is 6.92 Å². The fourth-order valence-corrected chi connectivity index (χ4v) is 2.16. The SMILES string of the molecule is Cc1ccc(-n2cc(C=O)c(-c3cccc(F)c3)n2)cc1. The lowest BCUT2D eigenvalue weighted by atomic mass is 10.1. The molecule has 0 saturated carbocycles. The maximum Gasteiger partial charge on any atom is 0.153 e. The number of carbonyl (C=O) groups is 1. The summed E-state index contributed by atoms with van der Waals surface area (Å²) in [5, 5.41) is 4.41. The second-order valence-corrected chi connectivity index (χ2v) is 4.84. The Kier molecular flexibility index (Phi) is 3.36. The molecule has 0 spiro atoms. The molecule has 3 nitrogen and oxygen atoms in total. The molecule has 1 heterocycles. The molecule has 0 N–H and O–H groups in total. The highest BCUT2D eigenvalue weighted by molar-refractivity contribution is 5.85. The first kappa shape index (κ1) is 13.2. The second kappa shape index (κ2) is 5.32. The van der Waals surface area contributed by atoms with Gasteiger partial charge in [0.2, 0.25) is 0 Å². The van der Waals surface area contributed by atoms with Crippen molar-refractivity contribution >= 4 is 6.29 Å². The quantitative estimate of drug-likeness (QED) is 0.684. The molecule has 0 aliphatic carbocycles. The zero-order chi connectivity index (χ0) is 14.8. The number of aldehydes is 1. The molecule has 3 aromatic rings. The van der Waals surface area contributed by atoms with E-state index < -0.39 is 0 Å². The van der Waals surface area contributed by atoms with Crippen LogP contribution >= 0.6 is 0 Å². The summed E-state index contributed by atoms with van der Waals surface area (Å²) in [6.07, 6.45) is 2.38. The Morgan fingerprint density at radius 1 is 1.14 bits per heavy atom. The van der Waals surface area contributed by atoms with Gasteiger partial charge in [0.25, 0.3) is 0 Å². The van der Waals surface area contributed by atoms with Crippen LogP contribution in [0.1, 0.15) is 15.9 Å². The van der Waals surface area contributed by atoms with Crippen LogP contribution in [0.2, 0.25) is 0 Å². The number of hydrogen-bond donors (Lipinski definition) is 0. The van der Waals surface area contributed by atoms with Crippen LogP contribution in [0.25, 0.3) is 16.9 Å². The molecule has 0 saturated heterocycles. The van der Waals surface area contributed by atoms with Crippen molar-refractivity contribution in [3.63, 3.8) is 0 Å². The third-order valence-electron chi connectivity index (χ3n) is 3.27. The van der Waals surface area contributed by atoms with Crippen LogP contribution in [0.4, 0.5) is 4.39 Å². The summed E-state index contributed by atoms with van der Waals surface area (Å²) in [4.78, 5) is 11.2. The van der Waals surface area contributed by atoms with Gasteiger partial charge < -0.3 is 0 Å². The van der Waals surface area contributed by atoms with Crippen molar-refractivity contribution in [1.29, 1.82) is 0 Å². The lowest BCUT2D eigenvalue weighted by Gasteiger charge is -2.01. The van der Waals surface area contributed by atoms with Crippen LogP contribution in [0.3, 0.4) is 0 Å². The van der Waals surface area contributed by atoms with Crippen molar-refractivity contribution in [3.8, 4) is 16.9 Å². The molecule has 104 valence electrons. The molecule has 4 heteroatoms. The number of hydrogen-bond acceptors (Lipinski definition) is 2. The summed E-state index contributed by atoms with van der Waals surface area (Å²) in [5.41, 5.74) is 3.49. The van der Waals surface area contributed by atoms with E-state index in [1.54, 1.807) is 23.0 Å². The number of aromatic nitrogens is 2. The molecule has 21 heavy (non-hydrogen) atoms. The van der Waals surface area contributed by atoms with Gasteiger partial charge in [-0.05, 0) is 31.2 Å². The van der Waals surface area contributed by atoms with E-state index in [0.29, 0.717) is 16.8 Å². The first-order valence-corrected chi connectivity index (χ1v) is 6.55. The Morgan fingerprint density at radius 3 is 2.57 bits per heavy atom. The number of nitrogens with zero attached hydrogens (tertiary/aromatic N) is 2. The van der Waals surface area contributed by atoms with Crippen LogP contribution in [0, 0.1) is 12.7 Å². The van der Waals surface area contributed by atoms with E-state index in [2.05, 4.69) is 5.10 Å². The van der Waals surface area contributed by atoms with Gasteiger partial charge in [-0.1, -0.05) is 29.8 Å². The van der Waals surface area contributed by atoms with Gasteiger partial charge in [-0.15, -0.1) is 0 Å². The third-order valence-corrected chi connectivity index (χ3v) is 3.27. The van der Waals surface area contributed by atoms with Gasteiger partial charge in [0.1, 0.15) is 11.5 Å². The van der Waals surface area contributed by atoms with E-state index in [1.807, 2.05) is 31.2 Å². The van der Waals surface area contributed by atoms with Crippen molar-refractivity contribution < 1.29 is 9.18 Å². The lowest BCUT2D eigenvalue weighted by Crippen LogP contribution is -1.94. The van der Waals surface area contributed by atoms with Gasteiger partial charge >= 0.3 is 0 Å². The number of rotatable bonds is 3. The molecular formula is C17H13FN2O. The molecule has 0 aliphatic rings. The molecule has 0 radical (unpaired) electrons. The van der Waals surface area contributed by atoms with E-state index in [0.717, 1.165) is 17.5 Å². The Morgan fingerprint density at radius 2 is 1.90 bits per heavy atom. The minimum atomic E-state index is -0.353. The Balaban J connectivity index is 2.10. The van der Waals surface area contributed by atoms with E-state index in [-0.39, 0.29) is 5.82 Å². The Hall–Kier alpha value is -2.75. The molecule has 0 aliphatic heterocycles. The van der Waals surface area contributed by atoms with Gasteiger partial charge in [0, 0.05) is 11.8 Å². The number of halogens is 1. The minimum absolute atomic E-state index is 0.353. The van der Waals surface area contributed by atoms with Gasteiger partial charge in [0.05, 0.1) is 11.3 Å². The maximum atomic E-state index is 13.3. The number of carbonyl (C=O) groups excluding carboxylic acids is 1. The van der Waals surface area contributed by atoms with E-state index in [4.69, 9.17) is 0 Å². The highest BCUT2D eigenvalue weighted by Gasteiger charge is 2.12. The molecular weight excluding hydrogens is 267 g/mol. The van der Waals surface area contributed by atoms with Gasteiger partial charge in [-0.2, -0.15) is 5.10 Å². The lowest BCUT2D eigenvalue weighted by molar-refractivity contribution is 0.112. The Labute approximate surface area is 121 Å². The van der Waals surface area contributed by atoms with E-state index in [1.165, 1.54) is 12.1 Å². The second-order valence-electron chi connectivity index (χ2n) is 4.84. The predicted molar refractivity (Wildman–Crippen MR) is 79.1 cm³/mol. The largest absolute Gasteiger partial charge is 0.298 e. The number of benzene rings is 2. The van der Waals surface area contributed by atoms with Crippen molar-refractivity contribution in [1.82, 2.24) is 9.78 Å². The van der Waals surface area contributed by atoms with E-state index in [9.17, 15) is 9.18 Å². The Bertz CT molecular complexity index is 791. The smallest absolute Gasteiger partial charge is 0.153 e. The summed E-state index contributed by atoms with van der Waals surface area (Å²) < 4.78 is 15.0. The highest BCUT2D eigenvalue weighted by Crippen LogP contribution is 2.23. The van der Waals surface area contributed by atoms with Crippen LogP contribution in [0.5, 0.6) is 0 Å². The summed E-state index contributed by atoms with van der Waals surface area (Å²) >= 11 is 0. The summed E-state index contributed by atoms with van der Waals surface area (Å²) in [7, 11) is 0. The minimum Gasteiger partial charge on any atom is -0.298 e. The zero-order valence-corrected chi connectivity index (χ0v) is 11.5. The molecule has 0 fully saturated rings. The zero-order valence-electron chi connectivity index (χ0n) is 11.5. The fourth-order valence-electron chi connectivity index (χ4n) is 2.16. The summed E-state index contributed by atoms with van der Waals surface area (Å²) in [6.45, 7) is 2.00. The third kappa shape index (κ3) is 2.60. The van der Waals surface area contributed by atoms with Gasteiger partial charge in [0.15, 0.2) is 6.29 Å². The van der Waals surface area contributed by atoms with Crippen LogP contribution in [-0.2, 0) is 0 Å². The summed E-state index contributed by atoms with van der Waals surface area (Å²) in [5.74, 6) is -0.353. The van der Waals surface area contributed by atoms with Crippen LogP contribution in [-0.4, -0.2) is 16.1 Å². The van der Waals surface area contributed by atoms with Crippen molar-refractivity contribution in [2.75, 3.05) is 0 Å². The molecule has 0 atom stereocenters. The molecule has 0 bridgehead atoms. The monoisotopic (exact) mass is 280 g/mol. The van der Waals surface area contributed by atoms with Crippen molar-refractivity contribution in [3.05, 3.63) is 71.7 Å². The van der Waals surface area contributed by atoms with Crippen LogP contribution in [0.15, 0.2) is 54.7 Å². The highest BCUT2D eigenvalue weighted by atomic mass is 19.1. The molecule has 3 rings (SSSR count). The first-order valence-electron chi connectivity index (χ1n) is 6.55. The standard InChI is InChI=1S/C17H13FN2O/c1-12-5-7-16(8-6-12)20-10-14(11-21)17(19-20)13-3-2-4-15(18)9-13/h2-11H,1H3. The number of aryl methyl sites for hydroxylation is 1. The van der Waals surface area contributed by atoms with Gasteiger partial charge in [-0.3, -0.25) is 4.79 Å². The topological polar surface area (TPSA) is 34.9 Å². The molecule has 1 aromatic heterocycles. The normalized spacial score (nSPS) is 10.6. The van der Waals surface area contributed by atoms with E-state index >= 15 is 0 Å². The fraction of sp³-hybridized carbons (Fsp3) is 0.0588. The average Bonchev–Trinajstić information content (AvgIpc) is 2.92. The maximum absolute atomic E-state index is 13.3. The van der Waals surface area contributed by atoms with Crippen molar-refractivity contribution in [2.24, 2.45) is 0 Å². The predicted octanol–water partition coefficient (Wildman–Crippen LogP) is 3.80. The average molecular weight is 280 g/mol.